The first-order valence-corrected chi connectivity index (χ1v) is 10.3. The SMILES string of the molecule is O=C(NNS(=O)(=O)c1ccc2c(c1)CCCC2)[C@@H]1COc2ccccc2O1. The van der Waals surface area contributed by atoms with Gasteiger partial charge in [0.15, 0.2) is 11.5 Å². The highest BCUT2D eigenvalue weighted by Gasteiger charge is 2.28. The average Bonchev–Trinajstić information content (AvgIpc) is 2.71. The van der Waals surface area contributed by atoms with Crippen molar-refractivity contribution in [3.63, 3.8) is 0 Å². The van der Waals surface area contributed by atoms with Crippen LogP contribution in [-0.4, -0.2) is 27.0 Å². The Hall–Kier alpha value is -2.58. The first-order chi connectivity index (χ1) is 13.0. The summed E-state index contributed by atoms with van der Waals surface area (Å²) in [4.78, 5) is 14.5. The van der Waals surface area contributed by atoms with E-state index in [4.69, 9.17) is 9.47 Å². The molecule has 0 aromatic heterocycles. The quantitative estimate of drug-likeness (QED) is 0.778. The Morgan fingerprint density at radius 1 is 1.00 bits per heavy atom. The number of ether oxygens (including phenoxy) is 2. The van der Waals surface area contributed by atoms with Gasteiger partial charge in [-0.25, -0.2) is 8.42 Å². The fraction of sp³-hybridized carbons (Fsp3) is 0.316. The zero-order valence-corrected chi connectivity index (χ0v) is 15.4. The molecule has 2 aromatic rings. The summed E-state index contributed by atoms with van der Waals surface area (Å²) in [5.74, 6) is 0.378. The van der Waals surface area contributed by atoms with E-state index < -0.39 is 22.0 Å². The van der Waals surface area contributed by atoms with E-state index in [-0.39, 0.29) is 11.5 Å². The molecule has 2 aromatic carbocycles. The van der Waals surface area contributed by atoms with Gasteiger partial charge in [0, 0.05) is 0 Å². The van der Waals surface area contributed by atoms with Gasteiger partial charge in [-0.05, 0) is 61.1 Å². The van der Waals surface area contributed by atoms with Crippen molar-refractivity contribution in [1.82, 2.24) is 10.3 Å². The average molecular weight is 388 g/mol. The zero-order valence-electron chi connectivity index (χ0n) is 14.6. The summed E-state index contributed by atoms with van der Waals surface area (Å²) >= 11 is 0. The van der Waals surface area contributed by atoms with Crippen LogP contribution in [0.1, 0.15) is 24.0 Å². The van der Waals surface area contributed by atoms with Gasteiger partial charge in [0.1, 0.15) is 6.61 Å². The lowest BCUT2D eigenvalue weighted by Crippen LogP contribution is -2.50. The van der Waals surface area contributed by atoms with Crippen molar-refractivity contribution >= 4 is 15.9 Å². The third-order valence-electron chi connectivity index (χ3n) is 4.74. The lowest BCUT2D eigenvalue weighted by Gasteiger charge is -2.25. The fourth-order valence-electron chi connectivity index (χ4n) is 3.28. The number of benzene rings is 2. The van der Waals surface area contributed by atoms with Gasteiger partial charge in [-0.15, -0.1) is 4.83 Å². The van der Waals surface area contributed by atoms with E-state index in [9.17, 15) is 13.2 Å². The molecule has 1 aliphatic heterocycles. The van der Waals surface area contributed by atoms with Crippen LogP contribution in [0.25, 0.3) is 0 Å². The molecule has 4 rings (SSSR count). The van der Waals surface area contributed by atoms with Crippen molar-refractivity contribution in [3.8, 4) is 11.5 Å². The molecule has 1 atom stereocenters. The number of fused-ring (bicyclic) bond motifs is 2. The van der Waals surface area contributed by atoms with Crippen molar-refractivity contribution in [1.29, 1.82) is 0 Å². The Balaban J connectivity index is 1.41. The fourth-order valence-corrected chi connectivity index (χ4v) is 4.18. The molecular weight excluding hydrogens is 368 g/mol. The first kappa shape index (κ1) is 17.8. The molecule has 0 bridgehead atoms. The second-order valence-corrected chi connectivity index (χ2v) is 8.28. The van der Waals surface area contributed by atoms with Gasteiger partial charge < -0.3 is 9.47 Å². The van der Waals surface area contributed by atoms with Crippen molar-refractivity contribution in [2.24, 2.45) is 0 Å². The van der Waals surface area contributed by atoms with E-state index in [0.717, 1.165) is 31.2 Å². The van der Waals surface area contributed by atoms with Crippen LogP contribution in [0.3, 0.4) is 0 Å². The minimum atomic E-state index is -3.87. The number of hydrogen-bond acceptors (Lipinski definition) is 5. The molecule has 2 N–H and O–H groups in total. The number of carbonyl (C=O) groups excluding carboxylic acids is 1. The maximum Gasteiger partial charge on any atom is 0.279 e. The molecule has 142 valence electrons. The summed E-state index contributed by atoms with van der Waals surface area (Å²) in [6.07, 6.45) is 3.09. The number of nitrogens with one attached hydrogen (secondary N) is 2. The molecule has 1 heterocycles. The van der Waals surface area contributed by atoms with Crippen LogP contribution in [0.5, 0.6) is 11.5 Å². The molecule has 1 amide bonds. The van der Waals surface area contributed by atoms with Gasteiger partial charge in [-0.3, -0.25) is 10.2 Å². The van der Waals surface area contributed by atoms with Crippen molar-refractivity contribution < 1.29 is 22.7 Å². The summed E-state index contributed by atoms with van der Waals surface area (Å²) in [6.45, 7) is 0.00339. The summed E-state index contributed by atoms with van der Waals surface area (Å²) in [5.41, 5.74) is 4.46. The highest BCUT2D eigenvalue weighted by Crippen LogP contribution is 2.30. The van der Waals surface area contributed by atoms with Crippen molar-refractivity contribution in [2.45, 2.75) is 36.7 Å². The molecule has 1 aliphatic carbocycles. The monoisotopic (exact) mass is 388 g/mol. The number of para-hydroxylation sites is 2. The topological polar surface area (TPSA) is 93.7 Å². The van der Waals surface area contributed by atoms with Crippen LogP contribution in [0.15, 0.2) is 47.4 Å². The van der Waals surface area contributed by atoms with E-state index in [1.54, 1.807) is 36.4 Å². The van der Waals surface area contributed by atoms with Gasteiger partial charge in [-0.1, -0.05) is 18.2 Å². The number of sulfonamides is 1. The summed E-state index contributed by atoms with van der Waals surface area (Å²) < 4.78 is 36.1. The second-order valence-electron chi connectivity index (χ2n) is 6.60. The van der Waals surface area contributed by atoms with Gasteiger partial charge in [-0.2, -0.15) is 0 Å². The van der Waals surface area contributed by atoms with E-state index in [1.165, 1.54) is 5.56 Å². The molecule has 0 fully saturated rings. The minimum Gasteiger partial charge on any atom is -0.485 e. The minimum absolute atomic E-state index is 0.00339. The Kier molecular flexibility index (Phi) is 4.75. The molecule has 2 aliphatic rings. The Labute approximate surface area is 157 Å². The van der Waals surface area contributed by atoms with Crippen LogP contribution in [0.2, 0.25) is 0 Å². The maximum atomic E-state index is 12.5. The van der Waals surface area contributed by atoms with Crippen molar-refractivity contribution in [3.05, 3.63) is 53.6 Å². The normalized spacial score (nSPS) is 18.4. The number of rotatable bonds is 4. The molecule has 27 heavy (non-hydrogen) atoms. The second kappa shape index (κ2) is 7.21. The van der Waals surface area contributed by atoms with E-state index >= 15 is 0 Å². The van der Waals surface area contributed by atoms with Crippen LogP contribution in [-0.2, 0) is 27.7 Å². The largest absolute Gasteiger partial charge is 0.485 e. The van der Waals surface area contributed by atoms with Crippen LogP contribution < -0.4 is 19.7 Å². The molecule has 0 radical (unpaired) electrons. The van der Waals surface area contributed by atoms with E-state index in [2.05, 4.69) is 10.3 Å². The number of aryl methyl sites for hydroxylation is 2. The van der Waals surface area contributed by atoms with Crippen LogP contribution in [0, 0.1) is 0 Å². The lowest BCUT2D eigenvalue weighted by molar-refractivity contribution is -0.130. The molecular formula is C19H20N2O5S. The van der Waals surface area contributed by atoms with Crippen LogP contribution in [0.4, 0.5) is 0 Å². The number of hydrogen-bond donors (Lipinski definition) is 2. The Morgan fingerprint density at radius 3 is 2.56 bits per heavy atom. The molecule has 7 nitrogen and oxygen atoms in total. The van der Waals surface area contributed by atoms with E-state index in [1.807, 2.05) is 6.07 Å². The molecule has 0 unspecified atom stereocenters. The predicted molar refractivity (Wildman–Crippen MR) is 97.9 cm³/mol. The summed E-state index contributed by atoms with van der Waals surface area (Å²) in [6, 6.07) is 12.1. The maximum absolute atomic E-state index is 12.5. The highest BCUT2D eigenvalue weighted by atomic mass is 32.2. The van der Waals surface area contributed by atoms with E-state index in [0.29, 0.717) is 11.5 Å². The first-order valence-electron chi connectivity index (χ1n) is 8.85. The molecule has 0 saturated carbocycles. The Bertz CT molecular complexity index is 974. The summed E-state index contributed by atoms with van der Waals surface area (Å²) in [5, 5.41) is 0. The van der Waals surface area contributed by atoms with Gasteiger partial charge in [0.2, 0.25) is 6.10 Å². The number of carbonyl (C=O) groups is 1. The van der Waals surface area contributed by atoms with Crippen molar-refractivity contribution in [2.75, 3.05) is 6.61 Å². The zero-order chi connectivity index (χ0) is 18.9. The third-order valence-corrected chi connectivity index (χ3v) is 5.99. The lowest BCUT2D eigenvalue weighted by atomic mass is 9.92. The van der Waals surface area contributed by atoms with Crippen LogP contribution >= 0.6 is 0 Å². The highest BCUT2D eigenvalue weighted by molar-refractivity contribution is 7.89. The smallest absolute Gasteiger partial charge is 0.279 e. The van der Waals surface area contributed by atoms with Gasteiger partial charge >= 0.3 is 0 Å². The van der Waals surface area contributed by atoms with Gasteiger partial charge in [0.05, 0.1) is 4.90 Å². The number of hydrazine groups is 1. The Morgan fingerprint density at radius 2 is 1.74 bits per heavy atom. The molecule has 0 saturated heterocycles. The predicted octanol–water partition coefficient (Wildman–Crippen LogP) is 1.71. The summed E-state index contributed by atoms with van der Waals surface area (Å²) in [7, 11) is -3.87. The third kappa shape index (κ3) is 3.77. The molecule has 8 heteroatoms. The standard InChI is InChI=1S/C19H20N2O5S/c22-19(18-12-25-16-7-3-4-8-17(16)26-18)20-21-27(23,24)15-10-9-13-5-1-2-6-14(13)11-15/h3-4,7-11,18,21H,1-2,5-6,12H2,(H,20,22)/t18-/m0/s1. The van der Waals surface area contributed by atoms with Gasteiger partial charge in [0.25, 0.3) is 15.9 Å². The number of amides is 1. The molecule has 0 spiro atoms.